The first kappa shape index (κ1) is 26.3. The number of piperidine rings is 1. The Morgan fingerprint density at radius 1 is 1.08 bits per heavy atom. The highest BCUT2D eigenvalue weighted by molar-refractivity contribution is 5.99. The number of aryl methyl sites for hydroxylation is 1. The lowest BCUT2D eigenvalue weighted by Gasteiger charge is -2.33. The number of anilines is 1. The molecule has 4 aromatic rings. The monoisotopic (exact) mass is 528 g/mol. The van der Waals surface area contributed by atoms with Crippen molar-refractivity contribution in [3.63, 3.8) is 0 Å². The number of hydrogen-bond acceptors (Lipinski definition) is 9. The lowest BCUT2D eigenvalue weighted by Crippen LogP contribution is -2.38. The minimum absolute atomic E-state index is 0.116. The number of methoxy groups -OCH3 is 1. The zero-order valence-corrected chi connectivity index (χ0v) is 22.6. The van der Waals surface area contributed by atoms with E-state index in [0.29, 0.717) is 17.3 Å². The van der Waals surface area contributed by atoms with Gasteiger partial charge in [0.1, 0.15) is 36.1 Å². The number of rotatable bonds is 8. The maximum Gasteiger partial charge on any atom is 0.213 e. The highest BCUT2D eigenvalue weighted by Crippen LogP contribution is 2.35. The molecule has 1 aliphatic rings. The van der Waals surface area contributed by atoms with E-state index < -0.39 is 5.60 Å². The number of pyridine rings is 2. The SMILES string of the molecule is COc1ccc(OC2CCN(c3ccc(-c4cc(OCC(C)(C)O)cc5c4c(C#N)nn5C)cn3)CC2)cn1. The van der Waals surface area contributed by atoms with Crippen LogP contribution in [-0.4, -0.2) is 63.4 Å². The highest BCUT2D eigenvalue weighted by atomic mass is 16.5. The number of aliphatic hydroxyl groups is 1. The average Bonchev–Trinajstić information content (AvgIpc) is 3.27. The predicted octanol–water partition coefficient (Wildman–Crippen LogP) is 4.11. The van der Waals surface area contributed by atoms with Crippen molar-refractivity contribution in [2.24, 2.45) is 7.05 Å². The topological polar surface area (TPSA) is 119 Å². The van der Waals surface area contributed by atoms with Crippen LogP contribution in [-0.2, 0) is 7.05 Å². The Hall–Kier alpha value is -4.36. The Morgan fingerprint density at radius 2 is 1.87 bits per heavy atom. The molecule has 0 atom stereocenters. The summed E-state index contributed by atoms with van der Waals surface area (Å²) in [4.78, 5) is 11.2. The predicted molar refractivity (Wildman–Crippen MR) is 147 cm³/mol. The van der Waals surface area contributed by atoms with E-state index in [1.807, 2.05) is 36.5 Å². The van der Waals surface area contributed by atoms with E-state index in [1.54, 1.807) is 44.9 Å². The van der Waals surface area contributed by atoms with Gasteiger partial charge in [-0.2, -0.15) is 10.4 Å². The first-order chi connectivity index (χ1) is 18.7. The molecule has 1 N–H and O–H groups in total. The van der Waals surface area contributed by atoms with Crippen LogP contribution in [0.5, 0.6) is 17.4 Å². The van der Waals surface area contributed by atoms with Crippen molar-refractivity contribution < 1.29 is 19.3 Å². The first-order valence-electron chi connectivity index (χ1n) is 12.9. The molecule has 3 aromatic heterocycles. The average molecular weight is 529 g/mol. The van der Waals surface area contributed by atoms with E-state index in [9.17, 15) is 10.4 Å². The molecule has 5 rings (SSSR count). The zero-order chi connectivity index (χ0) is 27.6. The van der Waals surface area contributed by atoms with E-state index >= 15 is 0 Å². The highest BCUT2D eigenvalue weighted by Gasteiger charge is 2.23. The normalized spacial score (nSPS) is 14.3. The molecule has 10 heteroatoms. The Labute approximate surface area is 227 Å². The number of hydrogen-bond donors (Lipinski definition) is 1. The molecule has 1 aliphatic heterocycles. The summed E-state index contributed by atoms with van der Waals surface area (Å²) in [6, 6.07) is 13.6. The summed E-state index contributed by atoms with van der Waals surface area (Å²) >= 11 is 0. The number of ether oxygens (including phenoxy) is 3. The maximum atomic E-state index is 10.1. The van der Waals surface area contributed by atoms with Gasteiger partial charge in [0.25, 0.3) is 0 Å². The summed E-state index contributed by atoms with van der Waals surface area (Å²) in [5.74, 6) is 2.78. The van der Waals surface area contributed by atoms with Crippen LogP contribution in [0.15, 0.2) is 48.8 Å². The summed E-state index contributed by atoms with van der Waals surface area (Å²) in [7, 11) is 3.39. The summed E-state index contributed by atoms with van der Waals surface area (Å²) in [6.45, 7) is 5.17. The second-order valence-electron chi connectivity index (χ2n) is 10.3. The molecule has 202 valence electrons. The Kier molecular flexibility index (Phi) is 7.26. The standard InChI is InChI=1S/C29H32N6O4/c1-29(2,36)18-38-22-13-23(28-24(15-30)33-34(3)25(28)14-22)19-5-7-26(31-16-19)35-11-9-20(10-12-35)39-21-6-8-27(37-4)32-17-21/h5-8,13-14,16-17,20,36H,9-12,18H2,1-4H3. The molecule has 1 saturated heterocycles. The first-order valence-corrected chi connectivity index (χ1v) is 12.9. The van der Waals surface area contributed by atoms with Crippen LogP contribution < -0.4 is 19.1 Å². The Balaban J connectivity index is 1.33. The zero-order valence-electron chi connectivity index (χ0n) is 22.6. The fourth-order valence-electron chi connectivity index (χ4n) is 4.69. The molecule has 0 spiro atoms. The molecular formula is C29H32N6O4. The van der Waals surface area contributed by atoms with Crippen LogP contribution in [0.4, 0.5) is 5.82 Å². The van der Waals surface area contributed by atoms with Crippen molar-refractivity contribution in [1.29, 1.82) is 5.26 Å². The number of benzene rings is 1. The van der Waals surface area contributed by atoms with Crippen LogP contribution in [0.2, 0.25) is 0 Å². The number of nitrogens with zero attached hydrogens (tertiary/aromatic N) is 6. The number of nitriles is 1. The van der Waals surface area contributed by atoms with Crippen molar-refractivity contribution in [2.45, 2.75) is 38.4 Å². The molecule has 39 heavy (non-hydrogen) atoms. The van der Waals surface area contributed by atoms with Crippen molar-refractivity contribution in [3.05, 3.63) is 54.5 Å². The third-order valence-corrected chi connectivity index (χ3v) is 6.67. The minimum Gasteiger partial charge on any atom is -0.491 e. The van der Waals surface area contributed by atoms with Crippen LogP contribution in [0.3, 0.4) is 0 Å². The van der Waals surface area contributed by atoms with Gasteiger partial charge >= 0.3 is 0 Å². The van der Waals surface area contributed by atoms with Gasteiger partial charge in [0.2, 0.25) is 5.88 Å². The second kappa shape index (κ2) is 10.8. The summed E-state index contributed by atoms with van der Waals surface area (Å²) in [5, 5.41) is 25.0. The summed E-state index contributed by atoms with van der Waals surface area (Å²) in [6.07, 6.45) is 5.37. The van der Waals surface area contributed by atoms with Gasteiger partial charge in [-0.1, -0.05) is 0 Å². The molecule has 0 unspecified atom stereocenters. The van der Waals surface area contributed by atoms with Crippen molar-refractivity contribution >= 4 is 16.7 Å². The molecule has 0 saturated carbocycles. The molecule has 4 heterocycles. The van der Waals surface area contributed by atoms with Crippen molar-refractivity contribution in [1.82, 2.24) is 19.7 Å². The van der Waals surface area contributed by atoms with E-state index in [4.69, 9.17) is 19.2 Å². The fraction of sp³-hybridized carbons (Fsp3) is 0.379. The van der Waals surface area contributed by atoms with Gasteiger partial charge in [-0.05, 0) is 43.7 Å². The van der Waals surface area contributed by atoms with Gasteiger partial charge in [0, 0.05) is 62.3 Å². The lowest BCUT2D eigenvalue weighted by atomic mass is 10.0. The minimum atomic E-state index is -0.980. The van der Waals surface area contributed by atoms with E-state index in [0.717, 1.165) is 59.5 Å². The van der Waals surface area contributed by atoms with Crippen molar-refractivity contribution in [2.75, 3.05) is 31.7 Å². The molecule has 1 aromatic carbocycles. The van der Waals surface area contributed by atoms with Gasteiger partial charge in [-0.25, -0.2) is 9.97 Å². The van der Waals surface area contributed by atoms with Crippen LogP contribution in [0.25, 0.3) is 22.0 Å². The third-order valence-electron chi connectivity index (χ3n) is 6.67. The van der Waals surface area contributed by atoms with Gasteiger partial charge in [-0.3, -0.25) is 4.68 Å². The molecule has 10 nitrogen and oxygen atoms in total. The molecule has 0 aliphatic carbocycles. The smallest absolute Gasteiger partial charge is 0.213 e. The number of fused-ring (bicyclic) bond motifs is 1. The Morgan fingerprint density at radius 3 is 2.49 bits per heavy atom. The van der Waals surface area contributed by atoms with Gasteiger partial charge in [0.05, 0.1) is 24.4 Å². The van der Waals surface area contributed by atoms with Crippen LogP contribution in [0, 0.1) is 11.3 Å². The lowest BCUT2D eigenvalue weighted by molar-refractivity contribution is 0.0285. The van der Waals surface area contributed by atoms with Gasteiger partial charge in [0.15, 0.2) is 5.69 Å². The van der Waals surface area contributed by atoms with Crippen LogP contribution >= 0.6 is 0 Å². The molecular weight excluding hydrogens is 496 g/mol. The van der Waals surface area contributed by atoms with Gasteiger partial charge < -0.3 is 24.2 Å². The molecule has 0 amide bonds. The molecule has 1 fully saturated rings. The van der Waals surface area contributed by atoms with Crippen LogP contribution in [0.1, 0.15) is 32.4 Å². The third kappa shape index (κ3) is 5.89. The molecule has 0 bridgehead atoms. The molecule has 0 radical (unpaired) electrons. The van der Waals surface area contributed by atoms with Crippen molar-refractivity contribution in [3.8, 4) is 34.6 Å². The fourth-order valence-corrected chi connectivity index (χ4v) is 4.69. The maximum absolute atomic E-state index is 10.1. The summed E-state index contributed by atoms with van der Waals surface area (Å²) in [5.41, 5.74) is 1.80. The largest absolute Gasteiger partial charge is 0.491 e. The van der Waals surface area contributed by atoms with E-state index in [2.05, 4.69) is 21.1 Å². The summed E-state index contributed by atoms with van der Waals surface area (Å²) < 4.78 is 18.8. The van der Waals surface area contributed by atoms with E-state index in [1.165, 1.54) is 0 Å². The quantitative estimate of drug-likeness (QED) is 0.360. The second-order valence-corrected chi connectivity index (χ2v) is 10.3. The Bertz CT molecular complexity index is 1480. The van der Waals surface area contributed by atoms with Gasteiger partial charge in [-0.15, -0.1) is 0 Å². The van der Waals surface area contributed by atoms with E-state index in [-0.39, 0.29) is 12.7 Å². The number of aromatic nitrogens is 4.